The fourth-order valence-corrected chi connectivity index (χ4v) is 4.83. The van der Waals surface area contributed by atoms with Gasteiger partial charge >= 0.3 is 0 Å². The van der Waals surface area contributed by atoms with E-state index in [-0.39, 0.29) is 11.9 Å². The van der Waals surface area contributed by atoms with Gasteiger partial charge < -0.3 is 10.3 Å². The van der Waals surface area contributed by atoms with Gasteiger partial charge in [-0.2, -0.15) is 5.10 Å². The first-order chi connectivity index (χ1) is 18.0. The van der Waals surface area contributed by atoms with Crippen LogP contribution in [0.3, 0.4) is 0 Å². The van der Waals surface area contributed by atoms with Crippen molar-refractivity contribution in [3.63, 3.8) is 0 Å². The maximum absolute atomic E-state index is 13.0. The van der Waals surface area contributed by atoms with Crippen molar-refractivity contribution < 1.29 is 4.79 Å². The average Bonchev–Trinajstić information content (AvgIpc) is 3.28. The summed E-state index contributed by atoms with van der Waals surface area (Å²) in [4.78, 5) is 21.0. The van der Waals surface area contributed by atoms with Crippen LogP contribution in [-0.2, 0) is 11.2 Å². The molecular weight excluding hydrogens is 509 g/mol. The number of benzene rings is 2. The number of nitrogens with zero attached hydrogens (tertiary/aromatic N) is 4. The quantitative estimate of drug-likeness (QED) is 0.116. The molecule has 1 aliphatic rings. The number of amides is 1. The molecule has 4 rings (SSSR count). The van der Waals surface area contributed by atoms with Gasteiger partial charge in [0.2, 0.25) is 5.91 Å². The molecule has 0 saturated carbocycles. The number of H-pyrrole nitrogens is 1. The first-order valence-electron chi connectivity index (χ1n) is 12.1. The summed E-state index contributed by atoms with van der Waals surface area (Å²) < 4.78 is 0. The Hall–Kier alpha value is -3.46. The molecule has 0 saturated heterocycles. The second-order valence-electron chi connectivity index (χ2n) is 8.77. The van der Waals surface area contributed by atoms with Crippen molar-refractivity contribution in [2.75, 3.05) is 5.01 Å². The molecule has 10 heteroatoms. The SMILES string of the molecule is C=N/N=C\N(N)c1ccc(Cl)cc1/C=C/C(=O)N[C@H]1CCCCCCc2ccccc2-c2nc1[nH]c2Cl. The maximum atomic E-state index is 13.0. The Morgan fingerprint density at radius 1 is 1.19 bits per heavy atom. The molecule has 1 aliphatic heterocycles. The molecule has 0 aliphatic carbocycles. The number of halogens is 2. The second-order valence-corrected chi connectivity index (χ2v) is 9.59. The van der Waals surface area contributed by atoms with Crippen molar-refractivity contribution in [2.24, 2.45) is 16.0 Å². The summed E-state index contributed by atoms with van der Waals surface area (Å²) in [6.07, 6.45) is 10.4. The van der Waals surface area contributed by atoms with Crippen LogP contribution >= 0.6 is 23.2 Å². The molecule has 0 spiro atoms. The van der Waals surface area contributed by atoms with Gasteiger partial charge in [-0.1, -0.05) is 66.7 Å². The standard InChI is InChI=1S/C27H29Cl2N7O/c1-31-32-17-36(30)23-14-13-20(28)16-19(23)12-15-24(37)33-22-11-5-3-2-4-8-18-9-6-7-10-21(18)25-26(29)35-27(22)34-25/h6-7,9-10,12-17,22H,1-5,8,11,30H2,(H,33,37)(H,34,35)/b15-12+,32-17-/t22-/m0/s1. The van der Waals surface area contributed by atoms with Crippen molar-refractivity contribution in [3.05, 3.63) is 75.7 Å². The zero-order chi connectivity index (χ0) is 26.2. The van der Waals surface area contributed by atoms with E-state index in [1.54, 1.807) is 24.3 Å². The summed E-state index contributed by atoms with van der Waals surface area (Å²) >= 11 is 12.8. The molecule has 192 valence electrons. The zero-order valence-electron chi connectivity index (χ0n) is 20.3. The van der Waals surface area contributed by atoms with E-state index >= 15 is 0 Å². The number of carbonyl (C=O) groups is 1. The number of hydrazine groups is 1. The summed E-state index contributed by atoms with van der Waals surface area (Å²) in [6, 6.07) is 13.0. The number of hydrogen-bond donors (Lipinski definition) is 3. The lowest BCUT2D eigenvalue weighted by Crippen LogP contribution is -2.29. The first-order valence-corrected chi connectivity index (χ1v) is 12.9. The largest absolute Gasteiger partial charge is 0.343 e. The van der Waals surface area contributed by atoms with Gasteiger partial charge in [-0.25, -0.2) is 10.8 Å². The van der Waals surface area contributed by atoms with Crippen molar-refractivity contribution in [2.45, 2.75) is 44.6 Å². The Kier molecular flexibility index (Phi) is 9.11. The predicted molar refractivity (Wildman–Crippen MR) is 152 cm³/mol. The predicted octanol–water partition coefficient (Wildman–Crippen LogP) is 6.08. The van der Waals surface area contributed by atoms with E-state index in [2.05, 4.69) is 33.3 Å². The lowest BCUT2D eigenvalue weighted by atomic mass is 9.98. The molecule has 2 bridgehead atoms. The fraction of sp³-hybridized carbons (Fsp3) is 0.259. The summed E-state index contributed by atoms with van der Waals surface area (Å²) in [5.41, 5.74) is 4.19. The normalized spacial score (nSPS) is 16.1. The highest BCUT2D eigenvalue weighted by Crippen LogP contribution is 2.33. The van der Waals surface area contributed by atoms with Gasteiger partial charge in [-0.15, -0.1) is 5.10 Å². The van der Waals surface area contributed by atoms with Crippen LogP contribution in [0.1, 0.15) is 55.1 Å². The van der Waals surface area contributed by atoms with Crippen LogP contribution in [0.4, 0.5) is 5.69 Å². The lowest BCUT2D eigenvalue weighted by molar-refractivity contribution is -0.117. The van der Waals surface area contributed by atoms with Crippen molar-refractivity contribution >= 4 is 53.9 Å². The minimum atomic E-state index is -0.314. The molecule has 0 fully saturated rings. The number of nitrogens with one attached hydrogen (secondary N) is 2. The van der Waals surface area contributed by atoms with Crippen LogP contribution in [-0.4, -0.2) is 28.9 Å². The second kappa shape index (κ2) is 12.7. The van der Waals surface area contributed by atoms with Crippen LogP contribution in [0, 0.1) is 0 Å². The zero-order valence-corrected chi connectivity index (χ0v) is 21.8. The van der Waals surface area contributed by atoms with E-state index in [0.717, 1.165) is 44.1 Å². The van der Waals surface area contributed by atoms with E-state index in [0.29, 0.717) is 32.9 Å². The number of aryl methyl sites for hydroxylation is 1. The van der Waals surface area contributed by atoms with E-state index in [1.807, 2.05) is 18.2 Å². The molecule has 2 heterocycles. The average molecular weight is 538 g/mol. The summed E-state index contributed by atoms with van der Waals surface area (Å²) in [6.45, 7) is 3.30. The number of anilines is 1. The van der Waals surface area contributed by atoms with Crippen molar-refractivity contribution in [1.82, 2.24) is 15.3 Å². The molecule has 37 heavy (non-hydrogen) atoms. The number of fused-ring (bicyclic) bond motifs is 4. The Balaban J connectivity index is 1.57. The van der Waals surface area contributed by atoms with Gasteiger partial charge in [-0.3, -0.25) is 9.80 Å². The molecule has 0 unspecified atom stereocenters. The van der Waals surface area contributed by atoms with Crippen LogP contribution in [0.25, 0.3) is 17.3 Å². The Morgan fingerprint density at radius 2 is 2.00 bits per heavy atom. The molecule has 0 radical (unpaired) electrons. The van der Waals surface area contributed by atoms with E-state index in [4.69, 9.17) is 34.0 Å². The van der Waals surface area contributed by atoms with Crippen LogP contribution < -0.4 is 16.2 Å². The fourth-order valence-electron chi connectivity index (χ4n) is 4.41. The summed E-state index contributed by atoms with van der Waals surface area (Å²) in [5, 5.41) is 12.4. The molecule has 3 aromatic rings. The molecule has 1 atom stereocenters. The molecule has 8 nitrogen and oxygen atoms in total. The Labute approximate surface area is 226 Å². The number of rotatable bonds is 6. The lowest BCUT2D eigenvalue weighted by Gasteiger charge is -2.17. The maximum Gasteiger partial charge on any atom is 0.244 e. The van der Waals surface area contributed by atoms with E-state index in [1.165, 1.54) is 23.0 Å². The third kappa shape index (κ3) is 6.85. The van der Waals surface area contributed by atoms with Crippen LogP contribution in [0.2, 0.25) is 10.2 Å². The number of aromatic nitrogens is 2. The van der Waals surface area contributed by atoms with E-state index in [9.17, 15) is 4.79 Å². The molecule has 1 amide bonds. The number of hydrogen-bond acceptors (Lipinski definition) is 5. The van der Waals surface area contributed by atoms with E-state index < -0.39 is 0 Å². The molecule has 2 aromatic carbocycles. The third-order valence-electron chi connectivity index (χ3n) is 6.23. The number of nitrogens with two attached hydrogens (primary N) is 1. The molecule has 1 aromatic heterocycles. The highest BCUT2D eigenvalue weighted by molar-refractivity contribution is 6.32. The van der Waals surface area contributed by atoms with Crippen molar-refractivity contribution in [3.8, 4) is 11.3 Å². The minimum absolute atomic E-state index is 0.275. The van der Waals surface area contributed by atoms with Gasteiger partial charge in [-0.05, 0) is 49.1 Å². The number of imidazole rings is 1. The topological polar surface area (TPSA) is 112 Å². The van der Waals surface area contributed by atoms with Gasteiger partial charge in [0, 0.05) is 28.9 Å². The smallest absolute Gasteiger partial charge is 0.244 e. The summed E-state index contributed by atoms with van der Waals surface area (Å²) in [5.74, 6) is 6.40. The Morgan fingerprint density at radius 3 is 2.84 bits per heavy atom. The number of carbonyl (C=O) groups excluding carboxylic acids is 1. The van der Waals surface area contributed by atoms with Gasteiger partial charge in [0.15, 0.2) is 0 Å². The van der Waals surface area contributed by atoms with Crippen molar-refractivity contribution in [1.29, 1.82) is 0 Å². The van der Waals surface area contributed by atoms with Crippen LogP contribution in [0.5, 0.6) is 0 Å². The first kappa shape index (κ1) is 26.6. The third-order valence-corrected chi connectivity index (χ3v) is 6.73. The van der Waals surface area contributed by atoms with Crippen LogP contribution in [0.15, 0.2) is 58.7 Å². The molecule has 4 N–H and O–H groups in total. The monoisotopic (exact) mass is 537 g/mol. The van der Waals surface area contributed by atoms with Gasteiger partial charge in [0.05, 0.1) is 11.7 Å². The highest BCUT2D eigenvalue weighted by Gasteiger charge is 2.22. The highest BCUT2D eigenvalue weighted by atomic mass is 35.5. The van der Waals surface area contributed by atoms with Gasteiger partial charge in [0.25, 0.3) is 0 Å². The van der Waals surface area contributed by atoms with Gasteiger partial charge in [0.1, 0.15) is 23.0 Å². The minimum Gasteiger partial charge on any atom is -0.343 e. The molecular formula is C27H29Cl2N7O. The Bertz CT molecular complexity index is 1320. The number of aromatic amines is 1. The summed E-state index contributed by atoms with van der Waals surface area (Å²) in [7, 11) is 0.